The first kappa shape index (κ1) is 15.1. The van der Waals surface area contributed by atoms with E-state index in [4.69, 9.17) is 0 Å². The van der Waals surface area contributed by atoms with Crippen molar-refractivity contribution >= 4 is 12.2 Å². The highest BCUT2D eigenvalue weighted by atomic mass is 16.0. The minimum atomic E-state index is 0. The van der Waals surface area contributed by atoms with E-state index in [0.29, 0.717) is 0 Å². The predicted octanol–water partition coefficient (Wildman–Crippen LogP) is 1.94. The molecule has 1 aromatic rings. The van der Waals surface area contributed by atoms with Crippen LogP contribution in [0.15, 0.2) is 25.3 Å². The summed E-state index contributed by atoms with van der Waals surface area (Å²) in [6.07, 6.45) is 3.77. The van der Waals surface area contributed by atoms with Crippen LogP contribution in [0.2, 0.25) is 0 Å². The van der Waals surface area contributed by atoms with E-state index in [1.54, 1.807) is 0 Å². The molecule has 0 aliphatic carbocycles. The molecule has 0 spiro atoms. The van der Waals surface area contributed by atoms with E-state index in [1.165, 1.54) is 22.3 Å². The van der Waals surface area contributed by atoms with Crippen LogP contribution in [0.1, 0.15) is 22.3 Å². The summed E-state index contributed by atoms with van der Waals surface area (Å²) in [5.41, 5.74) is 5.00. The smallest absolute Gasteiger partial charge is 0.0230 e. The predicted molar refractivity (Wildman–Crippen MR) is 63.3 cm³/mol. The van der Waals surface area contributed by atoms with Crippen molar-refractivity contribution in [3.8, 4) is 0 Å². The molecular weight excluding hydrogens is 176 g/mol. The van der Waals surface area contributed by atoms with E-state index >= 15 is 0 Å². The monoisotopic (exact) mass is 194 g/mol. The van der Waals surface area contributed by atoms with Gasteiger partial charge in [0.1, 0.15) is 0 Å². The van der Waals surface area contributed by atoms with E-state index < -0.39 is 0 Å². The zero-order chi connectivity index (χ0) is 9.14. The molecule has 0 fully saturated rings. The maximum atomic E-state index is 3.76. The molecule has 0 aromatic heterocycles. The molecule has 2 heteroatoms. The summed E-state index contributed by atoms with van der Waals surface area (Å²) >= 11 is 0. The third-order valence-corrected chi connectivity index (χ3v) is 2.31. The van der Waals surface area contributed by atoms with Crippen LogP contribution in [0.25, 0.3) is 12.2 Å². The summed E-state index contributed by atoms with van der Waals surface area (Å²) in [5, 5.41) is 0. The third kappa shape index (κ3) is 2.55. The molecule has 4 N–H and O–H groups in total. The van der Waals surface area contributed by atoms with Crippen LogP contribution in [-0.2, 0) is 0 Å². The summed E-state index contributed by atoms with van der Waals surface area (Å²) in [6, 6.07) is 4.15. The van der Waals surface area contributed by atoms with Crippen molar-refractivity contribution in [2.45, 2.75) is 13.8 Å². The lowest BCUT2D eigenvalue weighted by Crippen LogP contribution is -1.88. The Labute approximate surface area is 85.2 Å². The van der Waals surface area contributed by atoms with Crippen molar-refractivity contribution in [1.82, 2.24) is 0 Å². The van der Waals surface area contributed by atoms with Crippen molar-refractivity contribution in [1.29, 1.82) is 0 Å². The second-order valence-electron chi connectivity index (χ2n) is 2.90. The maximum absolute atomic E-state index is 3.76. The molecule has 0 unspecified atom stereocenters. The summed E-state index contributed by atoms with van der Waals surface area (Å²) in [7, 11) is 0. The molecule has 2 nitrogen and oxygen atoms in total. The standard InChI is InChI=1S/C12H14.2H2O/c1-5-11-7-8-12(6-2)10(4)9(11)3;;/h5-8H,1-2H2,3-4H3;2*1H2. The summed E-state index contributed by atoms with van der Waals surface area (Å²) < 4.78 is 0. The largest absolute Gasteiger partial charge is 0.412 e. The normalized spacial score (nSPS) is 8.14. The quantitative estimate of drug-likeness (QED) is 0.690. The molecule has 0 amide bonds. The Morgan fingerprint density at radius 2 is 1.14 bits per heavy atom. The van der Waals surface area contributed by atoms with Gasteiger partial charge in [-0.05, 0) is 36.1 Å². The second kappa shape index (κ2) is 6.13. The van der Waals surface area contributed by atoms with Gasteiger partial charge in [-0.25, -0.2) is 0 Å². The van der Waals surface area contributed by atoms with Gasteiger partial charge in [0.05, 0.1) is 0 Å². The van der Waals surface area contributed by atoms with Gasteiger partial charge in [0.25, 0.3) is 0 Å². The first-order chi connectivity index (χ1) is 5.70. The lowest BCUT2D eigenvalue weighted by Gasteiger charge is -2.07. The summed E-state index contributed by atoms with van der Waals surface area (Å²) in [4.78, 5) is 0. The van der Waals surface area contributed by atoms with Crippen LogP contribution >= 0.6 is 0 Å². The first-order valence-corrected chi connectivity index (χ1v) is 4.05. The molecule has 0 heterocycles. The molecule has 0 aliphatic heterocycles. The minimum absolute atomic E-state index is 0. The summed E-state index contributed by atoms with van der Waals surface area (Å²) in [5.74, 6) is 0. The van der Waals surface area contributed by atoms with Crippen molar-refractivity contribution in [3.05, 3.63) is 47.5 Å². The highest BCUT2D eigenvalue weighted by Crippen LogP contribution is 2.19. The third-order valence-electron chi connectivity index (χ3n) is 2.31. The van der Waals surface area contributed by atoms with E-state index in [2.05, 4.69) is 39.1 Å². The average molecular weight is 194 g/mol. The molecule has 0 saturated carbocycles. The fourth-order valence-electron chi connectivity index (χ4n) is 1.30. The molecule has 0 saturated heterocycles. The van der Waals surface area contributed by atoms with Crippen LogP contribution in [0.4, 0.5) is 0 Å². The molecule has 1 aromatic carbocycles. The molecule has 1 rings (SSSR count). The van der Waals surface area contributed by atoms with Crippen LogP contribution in [0.5, 0.6) is 0 Å². The van der Waals surface area contributed by atoms with Gasteiger partial charge in [-0.15, -0.1) is 0 Å². The van der Waals surface area contributed by atoms with E-state index in [1.807, 2.05) is 12.2 Å². The summed E-state index contributed by atoms with van der Waals surface area (Å²) in [6.45, 7) is 11.7. The van der Waals surface area contributed by atoms with Crippen LogP contribution in [0.3, 0.4) is 0 Å². The molecule has 0 aliphatic rings. The molecule has 14 heavy (non-hydrogen) atoms. The van der Waals surface area contributed by atoms with Crippen molar-refractivity contribution < 1.29 is 11.0 Å². The van der Waals surface area contributed by atoms with Crippen molar-refractivity contribution in [3.63, 3.8) is 0 Å². The van der Waals surface area contributed by atoms with E-state index in [-0.39, 0.29) is 11.0 Å². The number of hydrogen-bond donors (Lipinski definition) is 0. The lowest BCUT2D eigenvalue weighted by atomic mass is 9.98. The Kier molecular flexibility index (Phi) is 6.62. The molecule has 0 bridgehead atoms. The van der Waals surface area contributed by atoms with Crippen LogP contribution in [0, 0.1) is 13.8 Å². The Bertz CT molecular complexity index is 294. The minimum Gasteiger partial charge on any atom is -0.412 e. The highest BCUT2D eigenvalue weighted by molar-refractivity contribution is 5.61. The fraction of sp³-hybridized carbons (Fsp3) is 0.167. The van der Waals surface area contributed by atoms with Gasteiger partial charge in [0.15, 0.2) is 0 Å². The Morgan fingerprint density at radius 1 is 0.857 bits per heavy atom. The molecular formula is C12H18O2. The molecule has 0 atom stereocenters. The maximum Gasteiger partial charge on any atom is -0.0230 e. The van der Waals surface area contributed by atoms with Gasteiger partial charge in [-0.2, -0.15) is 0 Å². The Hall–Kier alpha value is -1.38. The fourth-order valence-corrected chi connectivity index (χ4v) is 1.30. The van der Waals surface area contributed by atoms with Gasteiger partial charge in [0.2, 0.25) is 0 Å². The second-order valence-corrected chi connectivity index (χ2v) is 2.90. The average Bonchev–Trinajstić information content (AvgIpc) is 2.10. The zero-order valence-corrected chi connectivity index (χ0v) is 8.72. The SMILES string of the molecule is C=Cc1ccc(C=C)c(C)c1C.O.O. The van der Waals surface area contributed by atoms with Gasteiger partial charge < -0.3 is 11.0 Å². The lowest BCUT2D eigenvalue weighted by molar-refractivity contribution is 0.823. The first-order valence-electron chi connectivity index (χ1n) is 4.05. The zero-order valence-electron chi connectivity index (χ0n) is 8.72. The topological polar surface area (TPSA) is 63.0 Å². The molecule has 78 valence electrons. The highest BCUT2D eigenvalue weighted by Gasteiger charge is 2.00. The van der Waals surface area contributed by atoms with E-state index in [0.717, 1.165) is 0 Å². The number of rotatable bonds is 2. The number of benzene rings is 1. The molecule has 0 radical (unpaired) electrons. The van der Waals surface area contributed by atoms with Gasteiger partial charge >= 0.3 is 0 Å². The van der Waals surface area contributed by atoms with Crippen molar-refractivity contribution in [2.75, 3.05) is 0 Å². The Morgan fingerprint density at radius 3 is 1.36 bits per heavy atom. The van der Waals surface area contributed by atoms with Gasteiger partial charge in [-0.1, -0.05) is 37.4 Å². The van der Waals surface area contributed by atoms with Gasteiger partial charge in [-0.3, -0.25) is 0 Å². The Balaban J connectivity index is 0. The van der Waals surface area contributed by atoms with Crippen LogP contribution in [-0.4, -0.2) is 11.0 Å². The van der Waals surface area contributed by atoms with Gasteiger partial charge in [0, 0.05) is 0 Å². The number of hydrogen-bond acceptors (Lipinski definition) is 0. The van der Waals surface area contributed by atoms with E-state index in [9.17, 15) is 0 Å². The van der Waals surface area contributed by atoms with Crippen molar-refractivity contribution in [2.24, 2.45) is 0 Å². The van der Waals surface area contributed by atoms with Crippen LogP contribution < -0.4 is 0 Å².